The van der Waals surface area contributed by atoms with E-state index in [2.05, 4.69) is 14.9 Å². The molecule has 6 heteroatoms. The molecule has 124 valence electrons. The van der Waals surface area contributed by atoms with Gasteiger partial charge in [-0.1, -0.05) is 6.07 Å². The van der Waals surface area contributed by atoms with E-state index in [9.17, 15) is 4.79 Å². The Labute approximate surface area is 140 Å². The first-order valence-corrected chi connectivity index (χ1v) is 8.12. The van der Waals surface area contributed by atoms with Gasteiger partial charge >= 0.3 is 0 Å². The molecule has 24 heavy (non-hydrogen) atoms. The number of aromatic amines is 1. The Kier molecular flexibility index (Phi) is 3.61. The molecule has 3 heterocycles. The number of ether oxygens (including phenoxy) is 1. The van der Waals surface area contributed by atoms with Crippen molar-refractivity contribution in [2.75, 3.05) is 13.2 Å². The van der Waals surface area contributed by atoms with Crippen molar-refractivity contribution in [3.05, 3.63) is 53.5 Å². The van der Waals surface area contributed by atoms with Crippen LogP contribution in [0.15, 0.2) is 47.9 Å². The van der Waals surface area contributed by atoms with Gasteiger partial charge in [-0.2, -0.15) is 0 Å². The fraction of sp³-hybridized carbons (Fsp3) is 0.333. The summed E-state index contributed by atoms with van der Waals surface area (Å²) in [5.41, 5.74) is 10.1. The van der Waals surface area contributed by atoms with Gasteiger partial charge in [0.25, 0.3) is 0 Å². The number of primary amides is 1. The molecule has 0 saturated carbocycles. The number of imidazole rings is 1. The zero-order valence-corrected chi connectivity index (χ0v) is 13.5. The average molecular weight is 324 g/mol. The van der Waals surface area contributed by atoms with Gasteiger partial charge < -0.3 is 20.4 Å². The fourth-order valence-electron chi connectivity index (χ4n) is 3.40. The lowest BCUT2D eigenvalue weighted by Crippen LogP contribution is -2.42. The van der Waals surface area contributed by atoms with Crippen LogP contribution in [0.4, 0.5) is 0 Å². The van der Waals surface area contributed by atoms with E-state index < -0.39 is 0 Å². The van der Waals surface area contributed by atoms with E-state index in [-0.39, 0.29) is 18.1 Å². The van der Waals surface area contributed by atoms with Crippen LogP contribution in [-0.4, -0.2) is 40.0 Å². The van der Waals surface area contributed by atoms with E-state index >= 15 is 0 Å². The van der Waals surface area contributed by atoms with Gasteiger partial charge in [-0.25, -0.2) is 4.98 Å². The second-order valence-corrected chi connectivity index (χ2v) is 6.34. The highest BCUT2D eigenvalue weighted by atomic mass is 16.5. The van der Waals surface area contributed by atoms with Crippen LogP contribution in [0.2, 0.25) is 0 Å². The third-order valence-electron chi connectivity index (χ3n) is 4.78. The summed E-state index contributed by atoms with van der Waals surface area (Å²) in [6.45, 7) is 3.47. The second kappa shape index (κ2) is 5.79. The number of carbonyl (C=O) groups excluding carboxylic acids is 1. The number of hydrogen-bond acceptors (Lipinski definition) is 4. The van der Waals surface area contributed by atoms with Gasteiger partial charge in [0.15, 0.2) is 0 Å². The van der Waals surface area contributed by atoms with E-state index in [1.165, 1.54) is 0 Å². The third-order valence-corrected chi connectivity index (χ3v) is 4.78. The van der Waals surface area contributed by atoms with Crippen LogP contribution in [0, 0.1) is 0 Å². The van der Waals surface area contributed by atoms with E-state index in [0.29, 0.717) is 5.57 Å². The summed E-state index contributed by atoms with van der Waals surface area (Å²) in [4.78, 5) is 21.7. The quantitative estimate of drug-likeness (QED) is 0.901. The van der Waals surface area contributed by atoms with Crippen molar-refractivity contribution in [1.29, 1.82) is 0 Å². The molecule has 1 unspecified atom stereocenters. The normalized spacial score (nSPS) is 23.6. The Morgan fingerprint density at radius 2 is 2.33 bits per heavy atom. The molecule has 1 saturated heterocycles. The number of benzene rings is 1. The van der Waals surface area contributed by atoms with Crippen molar-refractivity contribution in [3.8, 4) is 0 Å². The Morgan fingerprint density at radius 1 is 1.50 bits per heavy atom. The fourth-order valence-corrected chi connectivity index (χ4v) is 3.40. The molecule has 1 aromatic heterocycles. The van der Waals surface area contributed by atoms with Crippen molar-refractivity contribution in [2.24, 2.45) is 5.73 Å². The monoisotopic (exact) mass is 324 g/mol. The third kappa shape index (κ3) is 2.49. The first-order chi connectivity index (χ1) is 11.6. The van der Waals surface area contributed by atoms with Crippen LogP contribution < -0.4 is 5.73 Å². The van der Waals surface area contributed by atoms with Gasteiger partial charge in [0, 0.05) is 24.9 Å². The SMILES string of the molecule is CC1=C(C(N)=O)C(c2ccc3[nH]cnc3c2)N(C[C@@H]2CCO2)C=C1. The van der Waals surface area contributed by atoms with Gasteiger partial charge in [-0.05, 0) is 42.7 Å². The maximum atomic E-state index is 12.1. The molecule has 3 N–H and O–H groups in total. The zero-order valence-electron chi connectivity index (χ0n) is 13.5. The lowest BCUT2D eigenvalue weighted by Gasteiger charge is -2.39. The summed E-state index contributed by atoms with van der Waals surface area (Å²) >= 11 is 0. The molecule has 2 atom stereocenters. The maximum absolute atomic E-state index is 12.1. The summed E-state index contributed by atoms with van der Waals surface area (Å²) in [7, 11) is 0. The van der Waals surface area contributed by atoms with E-state index in [1.807, 2.05) is 37.4 Å². The number of nitrogens with zero attached hydrogens (tertiary/aromatic N) is 2. The highest BCUT2D eigenvalue weighted by Crippen LogP contribution is 2.36. The second-order valence-electron chi connectivity index (χ2n) is 6.34. The van der Waals surface area contributed by atoms with Crippen molar-refractivity contribution in [1.82, 2.24) is 14.9 Å². The molecule has 1 aromatic carbocycles. The number of hydrogen-bond donors (Lipinski definition) is 2. The highest BCUT2D eigenvalue weighted by molar-refractivity contribution is 5.95. The van der Waals surface area contributed by atoms with Gasteiger partial charge in [0.1, 0.15) is 0 Å². The smallest absolute Gasteiger partial charge is 0.247 e. The topological polar surface area (TPSA) is 84.2 Å². The van der Waals surface area contributed by atoms with Gasteiger partial charge in [0.2, 0.25) is 5.91 Å². The number of nitrogens with two attached hydrogens (primary N) is 1. The summed E-state index contributed by atoms with van der Waals surface area (Å²) < 4.78 is 5.57. The number of rotatable bonds is 4. The first kappa shape index (κ1) is 15.0. The Hall–Kier alpha value is -2.60. The average Bonchev–Trinajstić information content (AvgIpc) is 2.98. The lowest BCUT2D eigenvalue weighted by molar-refractivity contribution is -0.115. The molecule has 2 aliphatic rings. The minimum Gasteiger partial charge on any atom is -0.376 e. The number of H-pyrrole nitrogens is 1. The predicted octanol–water partition coefficient (Wildman–Crippen LogP) is 2.02. The van der Waals surface area contributed by atoms with Crippen molar-refractivity contribution in [3.63, 3.8) is 0 Å². The zero-order chi connectivity index (χ0) is 16.7. The number of aromatic nitrogens is 2. The van der Waals surface area contributed by atoms with Gasteiger partial charge in [0.05, 0.1) is 29.5 Å². The number of fused-ring (bicyclic) bond motifs is 1. The Bertz CT molecular complexity index is 848. The molecule has 2 aromatic rings. The Balaban J connectivity index is 1.77. The van der Waals surface area contributed by atoms with Crippen LogP contribution >= 0.6 is 0 Å². The van der Waals surface area contributed by atoms with E-state index in [0.717, 1.165) is 41.7 Å². The summed E-state index contributed by atoms with van der Waals surface area (Å²) in [5, 5.41) is 0. The highest BCUT2D eigenvalue weighted by Gasteiger charge is 2.32. The molecular formula is C18H20N4O2. The summed E-state index contributed by atoms with van der Waals surface area (Å²) in [5.74, 6) is -0.386. The summed E-state index contributed by atoms with van der Waals surface area (Å²) in [6, 6.07) is 5.82. The van der Waals surface area contributed by atoms with Gasteiger partial charge in [-0.15, -0.1) is 0 Å². The number of carbonyl (C=O) groups is 1. The molecule has 6 nitrogen and oxygen atoms in total. The first-order valence-electron chi connectivity index (χ1n) is 8.12. The molecule has 1 amide bonds. The van der Waals surface area contributed by atoms with Crippen LogP contribution in [-0.2, 0) is 9.53 Å². The molecule has 0 bridgehead atoms. The van der Waals surface area contributed by atoms with E-state index in [1.54, 1.807) is 6.33 Å². The number of nitrogens with one attached hydrogen (secondary N) is 1. The van der Waals surface area contributed by atoms with E-state index in [4.69, 9.17) is 10.5 Å². The largest absolute Gasteiger partial charge is 0.376 e. The van der Waals surface area contributed by atoms with Crippen molar-refractivity contribution in [2.45, 2.75) is 25.5 Å². The molecule has 2 aliphatic heterocycles. The molecular weight excluding hydrogens is 304 g/mol. The number of amides is 1. The van der Waals surface area contributed by atoms with Gasteiger partial charge in [-0.3, -0.25) is 4.79 Å². The van der Waals surface area contributed by atoms with Crippen LogP contribution in [0.3, 0.4) is 0 Å². The van der Waals surface area contributed by atoms with Crippen molar-refractivity contribution < 1.29 is 9.53 Å². The van der Waals surface area contributed by atoms with Crippen molar-refractivity contribution >= 4 is 16.9 Å². The standard InChI is InChI=1S/C18H20N4O2/c1-11-4-6-22(9-13-5-7-24-13)17(16(11)18(19)23)12-2-3-14-15(8-12)21-10-20-14/h2-4,6,8,10,13,17H,5,7,9H2,1H3,(H2,19,23)(H,20,21)/t13-,17?/m0/s1. The molecule has 4 rings (SSSR count). The van der Waals surface area contributed by atoms with Crippen LogP contribution in [0.5, 0.6) is 0 Å². The number of allylic oxidation sites excluding steroid dienone is 2. The maximum Gasteiger partial charge on any atom is 0.247 e. The molecule has 0 spiro atoms. The predicted molar refractivity (Wildman–Crippen MR) is 90.9 cm³/mol. The van der Waals surface area contributed by atoms with Crippen LogP contribution in [0.1, 0.15) is 24.9 Å². The van der Waals surface area contributed by atoms with Crippen LogP contribution in [0.25, 0.3) is 11.0 Å². The minimum atomic E-state index is -0.386. The molecule has 0 radical (unpaired) electrons. The molecule has 0 aliphatic carbocycles. The Morgan fingerprint density at radius 3 is 3.04 bits per heavy atom. The summed E-state index contributed by atoms with van der Waals surface area (Å²) in [6.07, 6.45) is 6.90. The lowest BCUT2D eigenvalue weighted by atomic mass is 9.90. The minimum absolute atomic E-state index is 0.207. The molecule has 1 fully saturated rings.